The van der Waals surface area contributed by atoms with Crippen molar-refractivity contribution in [3.63, 3.8) is 0 Å². The van der Waals surface area contributed by atoms with Gasteiger partial charge in [-0.3, -0.25) is 4.79 Å². The largest absolute Gasteiger partial charge is 0.378 e. The van der Waals surface area contributed by atoms with Crippen LogP contribution in [0.3, 0.4) is 0 Å². The molecule has 0 saturated carbocycles. The van der Waals surface area contributed by atoms with Crippen LogP contribution in [-0.2, 0) is 4.79 Å². The number of aliphatic hydroxyl groups excluding tert-OH is 1. The Morgan fingerprint density at radius 2 is 2.11 bits per heavy atom. The van der Waals surface area contributed by atoms with Crippen LogP contribution >= 0.6 is 12.4 Å². The number of hydrogen-bond donors (Lipinski definition) is 2. The van der Waals surface area contributed by atoms with E-state index in [1.807, 2.05) is 18.2 Å². The Kier molecular flexibility index (Phi) is 6.28. The fourth-order valence-electron chi connectivity index (χ4n) is 2.41. The molecule has 1 amide bonds. The van der Waals surface area contributed by atoms with Crippen molar-refractivity contribution in [1.29, 1.82) is 0 Å². The van der Waals surface area contributed by atoms with Gasteiger partial charge in [0.1, 0.15) is 0 Å². The molecule has 0 aromatic heterocycles. The first-order valence-corrected chi connectivity index (χ1v) is 6.44. The molecular weight excluding hydrogens is 264 g/mol. The van der Waals surface area contributed by atoms with Crippen molar-refractivity contribution in [3.8, 4) is 0 Å². The Morgan fingerprint density at radius 3 is 2.74 bits per heavy atom. The number of piperidine rings is 1. The Bertz CT molecular complexity index is 400. The van der Waals surface area contributed by atoms with Crippen molar-refractivity contribution in [3.05, 3.63) is 35.9 Å². The van der Waals surface area contributed by atoms with Gasteiger partial charge in [0.15, 0.2) is 6.10 Å². The number of carbonyl (C=O) groups is 1. The molecule has 1 fully saturated rings. The second-order valence-electron chi connectivity index (χ2n) is 4.84. The van der Waals surface area contributed by atoms with Crippen molar-refractivity contribution >= 4 is 18.3 Å². The third kappa shape index (κ3) is 3.93. The smallest absolute Gasteiger partial charge is 0.256 e. The summed E-state index contributed by atoms with van der Waals surface area (Å²) >= 11 is 0. The van der Waals surface area contributed by atoms with Crippen molar-refractivity contribution < 1.29 is 9.90 Å². The zero-order valence-corrected chi connectivity index (χ0v) is 11.7. The number of likely N-dealkylation sites (tertiary alicyclic amines) is 1. The van der Waals surface area contributed by atoms with Crippen LogP contribution in [0.1, 0.15) is 24.5 Å². The van der Waals surface area contributed by atoms with Crippen LogP contribution in [0.5, 0.6) is 0 Å². The van der Waals surface area contributed by atoms with Crippen LogP contribution in [0, 0.1) is 5.92 Å². The standard InChI is InChI=1S/C14H20N2O2.ClH/c15-9-11-5-4-8-16(10-11)14(18)13(17)12-6-2-1-3-7-12;/h1-3,6-7,11,13,17H,4-5,8-10,15H2;1H. The van der Waals surface area contributed by atoms with E-state index in [1.165, 1.54) is 0 Å². The van der Waals surface area contributed by atoms with E-state index in [0.717, 1.165) is 19.4 Å². The minimum Gasteiger partial charge on any atom is -0.378 e. The maximum atomic E-state index is 12.2. The van der Waals surface area contributed by atoms with Crippen LogP contribution in [0.4, 0.5) is 0 Å². The number of carbonyl (C=O) groups excluding carboxylic acids is 1. The van der Waals surface area contributed by atoms with Crippen LogP contribution in [0.15, 0.2) is 30.3 Å². The van der Waals surface area contributed by atoms with Gasteiger partial charge >= 0.3 is 0 Å². The summed E-state index contributed by atoms with van der Waals surface area (Å²) < 4.78 is 0. The number of benzene rings is 1. The molecule has 4 nitrogen and oxygen atoms in total. The molecule has 2 unspecified atom stereocenters. The minimum atomic E-state index is -1.05. The molecule has 1 heterocycles. The molecule has 0 spiro atoms. The number of nitrogens with zero attached hydrogens (tertiary/aromatic N) is 1. The first kappa shape index (κ1) is 16.0. The Morgan fingerprint density at radius 1 is 1.42 bits per heavy atom. The average Bonchev–Trinajstić information content (AvgIpc) is 2.46. The van der Waals surface area contributed by atoms with Gasteiger partial charge < -0.3 is 15.7 Å². The molecule has 1 aliphatic rings. The molecule has 0 aliphatic carbocycles. The SMILES string of the molecule is Cl.NCC1CCCN(C(=O)C(O)c2ccccc2)C1. The van der Waals surface area contributed by atoms with Gasteiger partial charge in [0.25, 0.3) is 5.91 Å². The highest BCUT2D eigenvalue weighted by Crippen LogP contribution is 2.21. The predicted octanol–water partition coefficient (Wildman–Crippen LogP) is 1.34. The molecule has 0 radical (unpaired) electrons. The maximum Gasteiger partial charge on any atom is 0.256 e. The molecule has 1 aromatic rings. The summed E-state index contributed by atoms with van der Waals surface area (Å²) in [6, 6.07) is 9.06. The molecule has 1 aromatic carbocycles. The molecule has 19 heavy (non-hydrogen) atoms. The van der Waals surface area contributed by atoms with Gasteiger partial charge in [-0.05, 0) is 30.9 Å². The van der Waals surface area contributed by atoms with E-state index in [2.05, 4.69) is 0 Å². The summed E-state index contributed by atoms with van der Waals surface area (Å²) in [4.78, 5) is 13.9. The lowest BCUT2D eigenvalue weighted by atomic mass is 9.97. The topological polar surface area (TPSA) is 66.6 Å². The van der Waals surface area contributed by atoms with Crippen molar-refractivity contribution in [1.82, 2.24) is 4.90 Å². The highest BCUT2D eigenvalue weighted by Gasteiger charge is 2.27. The molecule has 1 aliphatic heterocycles. The lowest BCUT2D eigenvalue weighted by molar-refractivity contribution is -0.142. The monoisotopic (exact) mass is 284 g/mol. The molecular formula is C14H21ClN2O2. The number of rotatable bonds is 3. The molecule has 3 N–H and O–H groups in total. The summed E-state index contributed by atoms with van der Waals surface area (Å²) in [6.45, 7) is 1.99. The maximum absolute atomic E-state index is 12.2. The molecule has 106 valence electrons. The fraction of sp³-hybridized carbons (Fsp3) is 0.500. The van der Waals surface area contributed by atoms with Gasteiger partial charge in [0.05, 0.1) is 0 Å². The van der Waals surface area contributed by atoms with Gasteiger partial charge in [-0.2, -0.15) is 0 Å². The number of hydrogen-bond acceptors (Lipinski definition) is 3. The van der Waals surface area contributed by atoms with E-state index in [9.17, 15) is 9.90 Å². The third-order valence-electron chi connectivity index (χ3n) is 3.51. The van der Waals surface area contributed by atoms with Gasteiger partial charge in [0.2, 0.25) is 0 Å². The highest BCUT2D eigenvalue weighted by atomic mass is 35.5. The van der Waals surface area contributed by atoms with Crippen molar-refractivity contribution in [2.45, 2.75) is 18.9 Å². The summed E-state index contributed by atoms with van der Waals surface area (Å²) in [7, 11) is 0. The van der Waals surface area contributed by atoms with E-state index in [-0.39, 0.29) is 18.3 Å². The van der Waals surface area contributed by atoms with E-state index >= 15 is 0 Å². The normalized spacial score (nSPS) is 20.5. The first-order valence-electron chi connectivity index (χ1n) is 6.44. The third-order valence-corrected chi connectivity index (χ3v) is 3.51. The molecule has 2 atom stereocenters. The van der Waals surface area contributed by atoms with E-state index in [1.54, 1.807) is 17.0 Å². The Labute approximate surface area is 120 Å². The quantitative estimate of drug-likeness (QED) is 0.880. The highest BCUT2D eigenvalue weighted by molar-refractivity contribution is 5.85. The first-order chi connectivity index (χ1) is 8.72. The Hall–Kier alpha value is -1.10. The molecule has 0 bridgehead atoms. The second-order valence-corrected chi connectivity index (χ2v) is 4.84. The lowest BCUT2D eigenvalue weighted by Gasteiger charge is -2.33. The van der Waals surface area contributed by atoms with E-state index in [0.29, 0.717) is 24.6 Å². The van der Waals surface area contributed by atoms with Gasteiger partial charge in [-0.15, -0.1) is 12.4 Å². The number of aliphatic hydroxyl groups is 1. The second kappa shape index (κ2) is 7.48. The zero-order chi connectivity index (χ0) is 13.0. The summed E-state index contributed by atoms with van der Waals surface area (Å²) in [5.41, 5.74) is 6.30. The molecule has 2 rings (SSSR count). The summed E-state index contributed by atoms with van der Waals surface area (Å²) in [5.74, 6) is 0.157. The minimum absolute atomic E-state index is 0. The predicted molar refractivity (Wildman–Crippen MR) is 77.0 cm³/mol. The lowest BCUT2D eigenvalue weighted by Crippen LogP contribution is -2.44. The van der Waals surface area contributed by atoms with Crippen LogP contribution in [0.25, 0.3) is 0 Å². The Balaban J connectivity index is 0.00000180. The summed E-state index contributed by atoms with van der Waals surface area (Å²) in [6.07, 6.45) is 0.985. The van der Waals surface area contributed by atoms with Gasteiger partial charge in [0, 0.05) is 13.1 Å². The zero-order valence-electron chi connectivity index (χ0n) is 10.9. The van der Waals surface area contributed by atoms with Gasteiger partial charge in [-0.1, -0.05) is 30.3 Å². The van der Waals surface area contributed by atoms with Gasteiger partial charge in [-0.25, -0.2) is 0 Å². The number of halogens is 1. The van der Waals surface area contributed by atoms with E-state index < -0.39 is 6.10 Å². The number of nitrogens with two attached hydrogens (primary N) is 1. The van der Waals surface area contributed by atoms with Crippen LogP contribution < -0.4 is 5.73 Å². The van der Waals surface area contributed by atoms with Crippen molar-refractivity contribution in [2.75, 3.05) is 19.6 Å². The van der Waals surface area contributed by atoms with Crippen LogP contribution in [-0.4, -0.2) is 35.5 Å². The van der Waals surface area contributed by atoms with Crippen molar-refractivity contribution in [2.24, 2.45) is 11.7 Å². The van der Waals surface area contributed by atoms with E-state index in [4.69, 9.17) is 5.73 Å². The average molecular weight is 285 g/mol. The number of amides is 1. The fourth-order valence-corrected chi connectivity index (χ4v) is 2.41. The molecule has 5 heteroatoms. The summed E-state index contributed by atoms with van der Waals surface area (Å²) in [5, 5.41) is 10.1. The molecule has 1 saturated heterocycles. The van der Waals surface area contributed by atoms with Crippen LogP contribution in [0.2, 0.25) is 0 Å².